The molecule has 1 heterocycles. The van der Waals surface area contributed by atoms with Gasteiger partial charge in [0.1, 0.15) is 11.3 Å². The summed E-state index contributed by atoms with van der Waals surface area (Å²) in [7, 11) is 0. The fourth-order valence-corrected chi connectivity index (χ4v) is 2.34. The number of para-hydroxylation sites is 1. The van der Waals surface area contributed by atoms with Gasteiger partial charge in [0.15, 0.2) is 0 Å². The van der Waals surface area contributed by atoms with E-state index in [2.05, 4.69) is 4.98 Å². The monoisotopic (exact) mass is 315 g/mol. The zero-order chi connectivity index (χ0) is 14.8. The molecule has 0 amide bonds. The summed E-state index contributed by atoms with van der Waals surface area (Å²) in [5, 5.41) is 11.8. The van der Waals surface area contributed by atoms with Gasteiger partial charge in [-0.3, -0.25) is 0 Å². The van der Waals surface area contributed by atoms with Crippen molar-refractivity contribution in [1.29, 1.82) is 0 Å². The van der Waals surface area contributed by atoms with Gasteiger partial charge >= 0.3 is 0 Å². The molecule has 21 heavy (non-hydrogen) atoms. The maximum Gasteiger partial charge on any atom is 0.141 e. The average Bonchev–Trinajstić information content (AvgIpc) is 2.49. The molecule has 0 spiro atoms. The second kappa shape index (κ2) is 5.76. The van der Waals surface area contributed by atoms with Gasteiger partial charge in [0.25, 0.3) is 0 Å². The van der Waals surface area contributed by atoms with Crippen LogP contribution in [-0.2, 0) is 0 Å². The van der Waals surface area contributed by atoms with Gasteiger partial charge in [0, 0.05) is 5.39 Å². The number of halogens is 2. The maximum absolute atomic E-state index is 9.83. The molecule has 0 fully saturated rings. The number of rotatable bonds is 2. The molecular formula is C17H11Cl2NO. The minimum Gasteiger partial charge on any atom is -0.506 e. The quantitative estimate of drug-likeness (QED) is 0.685. The molecular weight excluding hydrogens is 305 g/mol. The number of phenolic OH excluding ortho intramolecular Hbond substituents is 1. The van der Waals surface area contributed by atoms with E-state index in [4.69, 9.17) is 23.2 Å². The van der Waals surface area contributed by atoms with E-state index in [1.54, 1.807) is 24.3 Å². The minimum absolute atomic E-state index is 0.178. The highest BCUT2D eigenvalue weighted by Crippen LogP contribution is 2.25. The largest absolute Gasteiger partial charge is 0.506 e. The fraction of sp³-hybridized carbons (Fsp3) is 0. The number of phenols is 1. The number of hydrogen-bond donors (Lipinski definition) is 1. The minimum atomic E-state index is 0.178. The van der Waals surface area contributed by atoms with E-state index in [1.165, 1.54) is 0 Å². The molecule has 2 nitrogen and oxygen atoms in total. The Kier molecular flexibility index (Phi) is 3.82. The molecule has 104 valence electrons. The van der Waals surface area contributed by atoms with Crippen LogP contribution in [0, 0.1) is 0 Å². The van der Waals surface area contributed by atoms with Gasteiger partial charge in [-0.2, -0.15) is 0 Å². The third-order valence-corrected chi connectivity index (χ3v) is 3.85. The predicted molar refractivity (Wildman–Crippen MR) is 88.8 cm³/mol. The Labute approximate surface area is 132 Å². The van der Waals surface area contributed by atoms with Crippen LogP contribution in [0.1, 0.15) is 11.3 Å². The van der Waals surface area contributed by atoms with Crippen LogP contribution >= 0.6 is 23.2 Å². The summed E-state index contributed by atoms with van der Waals surface area (Å²) < 4.78 is 0. The maximum atomic E-state index is 9.83. The third kappa shape index (κ3) is 3.02. The molecule has 0 radical (unpaired) electrons. The fourth-order valence-electron chi connectivity index (χ4n) is 2.04. The first-order valence-corrected chi connectivity index (χ1v) is 7.11. The lowest BCUT2D eigenvalue weighted by atomic mass is 10.1. The molecule has 3 rings (SSSR count). The van der Waals surface area contributed by atoms with Crippen LogP contribution in [0.4, 0.5) is 0 Å². The summed E-state index contributed by atoms with van der Waals surface area (Å²) >= 11 is 11.9. The molecule has 1 N–H and O–H groups in total. The van der Waals surface area contributed by atoms with Gasteiger partial charge < -0.3 is 5.11 Å². The van der Waals surface area contributed by atoms with Crippen molar-refractivity contribution in [2.75, 3.05) is 0 Å². The number of aromatic hydroxyl groups is 1. The van der Waals surface area contributed by atoms with E-state index in [0.717, 1.165) is 16.6 Å². The smallest absolute Gasteiger partial charge is 0.141 e. The number of fused-ring (bicyclic) bond motifs is 1. The zero-order valence-corrected chi connectivity index (χ0v) is 12.4. The Bertz CT molecular complexity index is 843. The Morgan fingerprint density at radius 1 is 0.905 bits per heavy atom. The van der Waals surface area contributed by atoms with Crippen LogP contribution in [-0.4, -0.2) is 10.1 Å². The molecule has 0 unspecified atom stereocenters. The summed E-state index contributed by atoms with van der Waals surface area (Å²) in [6.45, 7) is 0. The first-order valence-electron chi connectivity index (χ1n) is 6.35. The molecule has 2 aromatic carbocycles. The zero-order valence-electron chi connectivity index (χ0n) is 10.9. The van der Waals surface area contributed by atoms with Crippen molar-refractivity contribution in [2.24, 2.45) is 0 Å². The number of aromatic nitrogens is 1. The van der Waals surface area contributed by atoms with Crippen LogP contribution < -0.4 is 0 Å². The van der Waals surface area contributed by atoms with E-state index < -0.39 is 0 Å². The van der Waals surface area contributed by atoms with Crippen LogP contribution in [0.3, 0.4) is 0 Å². The first kappa shape index (κ1) is 13.9. The molecule has 4 heteroatoms. The molecule has 0 aliphatic rings. The Morgan fingerprint density at radius 2 is 1.76 bits per heavy atom. The van der Waals surface area contributed by atoms with E-state index in [9.17, 15) is 5.11 Å². The van der Waals surface area contributed by atoms with Gasteiger partial charge in [0.2, 0.25) is 0 Å². The number of hydrogen-bond acceptors (Lipinski definition) is 2. The predicted octanol–water partition coefficient (Wildman–Crippen LogP) is 5.42. The second-order valence-electron chi connectivity index (χ2n) is 4.59. The van der Waals surface area contributed by atoms with Gasteiger partial charge in [-0.1, -0.05) is 53.5 Å². The van der Waals surface area contributed by atoms with Gasteiger partial charge in [-0.25, -0.2) is 4.98 Å². The highest BCUT2D eigenvalue weighted by molar-refractivity contribution is 6.42. The van der Waals surface area contributed by atoms with Crippen molar-refractivity contribution >= 4 is 46.3 Å². The molecule has 0 aliphatic heterocycles. The SMILES string of the molecule is Oc1cccc2ccc(/C=C/c3ccc(Cl)c(Cl)c3)nc12. The van der Waals surface area contributed by atoms with Crippen molar-refractivity contribution in [3.63, 3.8) is 0 Å². The molecule has 0 aliphatic carbocycles. The summed E-state index contributed by atoms with van der Waals surface area (Å²) in [6, 6.07) is 14.6. The number of benzene rings is 2. The summed E-state index contributed by atoms with van der Waals surface area (Å²) in [5.41, 5.74) is 2.28. The van der Waals surface area contributed by atoms with Crippen LogP contribution in [0.15, 0.2) is 48.5 Å². The molecule has 0 bridgehead atoms. The van der Waals surface area contributed by atoms with Crippen molar-refractivity contribution in [2.45, 2.75) is 0 Å². The van der Waals surface area contributed by atoms with E-state index in [0.29, 0.717) is 15.6 Å². The van der Waals surface area contributed by atoms with Crippen molar-refractivity contribution in [1.82, 2.24) is 4.98 Å². The third-order valence-electron chi connectivity index (χ3n) is 3.11. The number of nitrogens with zero attached hydrogens (tertiary/aromatic N) is 1. The number of pyridine rings is 1. The standard InChI is InChI=1S/C17H11Cl2NO/c18-14-9-5-11(10-15(14)19)4-7-13-8-6-12-2-1-3-16(21)17(12)20-13/h1-10,21H/b7-4+. The summed E-state index contributed by atoms with van der Waals surface area (Å²) in [4.78, 5) is 4.43. The van der Waals surface area contributed by atoms with Gasteiger partial charge in [0.05, 0.1) is 15.7 Å². The van der Waals surface area contributed by atoms with Crippen LogP contribution in [0.25, 0.3) is 23.1 Å². The van der Waals surface area contributed by atoms with Gasteiger partial charge in [-0.15, -0.1) is 0 Å². The van der Waals surface area contributed by atoms with Crippen LogP contribution in [0.5, 0.6) is 5.75 Å². The highest BCUT2D eigenvalue weighted by Gasteiger charge is 2.01. The summed E-state index contributed by atoms with van der Waals surface area (Å²) in [6.07, 6.45) is 3.77. The second-order valence-corrected chi connectivity index (χ2v) is 5.41. The lowest BCUT2D eigenvalue weighted by Gasteiger charge is -2.01. The Balaban J connectivity index is 1.95. The lowest BCUT2D eigenvalue weighted by Crippen LogP contribution is -1.83. The first-order chi connectivity index (χ1) is 10.1. The summed E-state index contributed by atoms with van der Waals surface area (Å²) in [5.74, 6) is 0.178. The van der Waals surface area contributed by atoms with Crippen molar-refractivity contribution in [3.8, 4) is 5.75 Å². The Hall–Kier alpha value is -2.03. The molecule has 0 atom stereocenters. The molecule has 0 saturated carbocycles. The molecule has 3 aromatic rings. The highest BCUT2D eigenvalue weighted by atomic mass is 35.5. The van der Waals surface area contributed by atoms with E-state index in [-0.39, 0.29) is 5.75 Å². The van der Waals surface area contributed by atoms with Crippen molar-refractivity contribution in [3.05, 3.63) is 69.8 Å². The van der Waals surface area contributed by atoms with Gasteiger partial charge in [-0.05, 0) is 35.9 Å². The van der Waals surface area contributed by atoms with E-state index >= 15 is 0 Å². The van der Waals surface area contributed by atoms with Crippen molar-refractivity contribution < 1.29 is 5.11 Å². The topological polar surface area (TPSA) is 33.1 Å². The van der Waals surface area contributed by atoms with E-state index in [1.807, 2.05) is 36.4 Å². The molecule has 1 aromatic heterocycles. The molecule has 0 saturated heterocycles. The Morgan fingerprint density at radius 3 is 2.57 bits per heavy atom. The lowest BCUT2D eigenvalue weighted by molar-refractivity contribution is 0.480. The average molecular weight is 316 g/mol. The normalized spacial score (nSPS) is 11.3. The van der Waals surface area contributed by atoms with Crippen LogP contribution in [0.2, 0.25) is 10.0 Å².